The van der Waals surface area contributed by atoms with Gasteiger partial charge >= 0.3 is 6.18 Å². The quantitative estimate of drug-likeness (QED) is 0.246. The number of anilines is 1. The van der Waals surface area contributed by atoms with E-state index in [2.05, 4.69) is 15.8 Å². The van der Waals surface area contributed by atoms with Gasteiger partial charge in [-0.1, -0.05) is 52.9 Å². The zero-order chi connectivity index (χ0) is 31.1. The molecule has 2 heterocycles. The molecule has 0 bridgehead atoms. The highest BCUT2D eigenvalue weighted by Crippen LogP contribution is 2.50. The highest BCUT2D eigenvalue weighted by atomic mass is 35.5. The maximum atomic E-state index is 14.5. The van der Waals surface area contributed by atoms with Gasteiger partial charge in [-0.05, 0) is 80.0 Å². The highest BCUT2D eigenvalue weighted by molar-refractivity contribution is 7.17. The number of amides is 2. The Kier molecular flexibility index (Phi) is 9.05. The molecule has 0 saturated carbocycles. The molecular weight excluding hydrogens is 646 g/mol. The van der Waals surface area contributed by atoms with E-state index in [4.69, 9.17) is 39.6 Å². The van der Waals surface area contributed by atoms with Gasteiger partial charge in [-0.25, -0.2) is 0 Å². The number of fused-ring (bicyclic) bond motifs is 1. The predicted molar refractivity (Wildman–Crippen MR) is 164 cm³/mol. The van der Waals surface area contributed by atoms with E-state index in [-0.39, 0.29) is 32.3 Å². The summed E-state index contributed by atoms with van der Waals surface area (Å²) in [4.78, 5) is 32.6. The van der Waals surface area contributed by atoms with Crippen molar-refractivity contribution in [3.63, 3.8) is 0 Å². The van der Waals surface area contributed by atoms with Crippen molar-refractivity contribution in [3.8, 4) is 0 Å². The Balaban J connectivity index is 1.40. The molecule has 0 radical (unpaired) electrons. The summed E-state index contributed by atoms with van der Waals surface area (Å²) in [5.41, 5.74) is -0.429. The van der Waals surface area contributed by atoms with Crippen molar-refractivity contribution in [3.05, 3.63) is 83.7 Å². The Labute approximate surface area is 265 Å². The lowest BCUT2D eigenvalue weighted by molar-refractivity contribution is -0.275. The van der Waals surface area contributed by atoms with Crippen LogP contribution in [-0.4, -0.2) is 30.2 Å². The Bertz CT molecular complexity index is 1620. The number of hydrogen-bond acceptors (Lipinski definition) is 5. The molecule has 43 heavy (non-hydrogen) atoms. The molecule has 0 saturated heterocycles. The number of halogens is 6. The van der Waals surface area contributed by atoms with Crippen molar-refractivity contribution in [2.45, 2.75) is 64.1 Å². The molecule has 0 spiro atoms. The maximum absolute atomic E-state index is 14.5. The SMILES string of the molecule is CCCNC(=O)c1c(NC(=O)c2ccc(C3=NOC(c4cc(Cl)c(Cl)c(Cl)c4)(C(F)(F)F)C3)cc2C)sc2c1CCCC2. The number of nitrogens with one attached hydrogen (secondary N) is 2. The number of carbonyl (C=O) groups is 2. The molecular formula is C30H27Cl3F3N3O3S. The summed E-state index contributed by atoms with van der Waals surface area (Å²) in [6, 6.07) is 6.77. The van der Waals surface area contributed by atoms with Crippen LogP contribution >= 0.6 is 46.1 Å². The van der Waals surface area contributed by atoms with Crippen LogP contribution in [0.3, 0.4) is 0 Å². The third-order valence-electron chi connectivity index (χ3n) is 7.60. The Hall–Kier alpha value is -2.79. The summed E-state index contributed by atoms with van der Waals surface area (Å²) in [7, 11) is 0. The minimum Gasteiger partial charge on any atom is -0.374 e. The molecule has 1 aromatic heterocycles. The summed E-state index contributed by atoms with van der Waals surface area (Å²) in [6.07, 6.45) is -1.09. The molecule has 1 aliphatic carbocycles. The second-order valence-electron chi connectivity index (χ2n) is 10.5. The first-order chi connectivity index (χ1) is 20.4. The molecule has 1 atom stereocenters. The molecule has 2 aliphatic rings. The number of rotatable bonds is 7. The van der Waals surface area contributed by atoms with Gasteiger partial charge in [0.05, 0.1) is 26.3 Å². The summed E-state index contributed by atoms with van der Waals surface area (Å²) in [5.74, 6) is -0.633. The topological polar surface area (TPSA) is 79.8 Å². The number of alkyl halides is 3. The van der Waals surface area contributed by atoms with Crippen molar-refractivity contribution in [2.75, 3.05) is 11.9 Å². The lowest BCUT2D eigenvalue weighted by Crippen LogP contribution is -2.42. The van der Waals surface area contributed by atoms with Gasteiger partial charge in [-0.2, -0.15) is 13.2 Å². The smallest absolute Gasteiger partial charge is 0.374 e. The number of oxime groups is 1. The summed E-state index contributed by atoms with van der Waals surface area (Å²) in [5, 5.41) is 9.77. The van der Waals surface area contributed by atoms with E-state index in [0.717, 1.165) is 54.7 Å². The van der Waals surface area contributed by atoms with E-state index in [1.807, 2.05) is 6.92 Å². The Morgan fingerprint density at radius 2 is 1.77 bits per heavy atom. The van der Waals surface area contributed by atoms with Crippen LogP contribution in [0.1, 0.15) is 80.5 Å². The van der Waals surface area contributed by atoms with Crippen LogP contribution < -0.4 is 10.6 Å². The van der Waals surface area contributed by atoms with E-state index in [9.17, 15) is 22.8 Å². The first-order valence-corrected chi connectivity index (χ1v) is 15.6. The monoisotopic (exact) mass is 671 g/mol. The van der Waals surface area contributed by atoms with Gasteiger partial charge in [0.2, 0.25) is 0 Å². The van der Waals surface area contributed by atoms with Crippen LogP contribution in [0.5, 0.6) is 0 Å². The number of carbonyl (C=O) groups excluding carboxylic acids is 2. The number of aryl methyl sites for hydroxylation is 2. The lowest BCUT2D eigenvalue weighted by atomic mass is 9.86. The Morgan fingerprint density at radius 3 is 2.42 bits per heavy atom. The van der Waals surface area contributed by atoms with Crippen LogP contribution in [0.15, 0.2) is 35.5 Å². The van der Waals surface area contributed by atoms with Crippen LogP contribution in [0.4, 0.5) is 18.2 Å². The normalized spacial score (nSPS) is 18.1. The van der Waals surface area contributed by atoms with E-state index in [1.54, 1.807) is 13.0 Å². The first-order valence-electron chi connectivity index (χ1n) is 13.7. The van der Waals surface area contributed by atoms with Gasteiger partial charge in [0.1, 0.15) is 5.00 Å². The zero-order valence-corrected chi connectivity index (χ0v) is 26.3. The molecule has 228 valence electrons. The first kappa shape index (κ1) is 31.6. The standard InChI is InChI=1S/C30H27Cl3F3N3O3S/c1-3-10-37-27(41)24-19-6-4-5-7-23(19)43-28(24)38-26(40)18-9-8-16(11-15(18)2)22-14-29(42-39-22,30(34,35)36)17-12-20(31)25(33)21(32)13-17/h8-9,11-13H,3-7,10,14H2,1-2H3,(H,37,41)(H,38,40). The van der Waals surface area contributed by atoms with Gasteiger partial charge in [0.25, 0.3) is 17.4 Å². The maximum Gasteiger partial charge on any atom is 0.435 e. The fourth-order valence-electron chi connectivity index (χ4n) is 5.34. The fourth-order valence-corrected chi connectivity index (χ4v) is 7.21. The van der Waals surface area contributed by atoms with Crippen molar-refractivity contribution < 1.29 is 27.6 Å². The average molecular weight is 673 g/mol. The molecule has 13 heteroatoms. The predicted octanol–water partition coefficient (Wildman–Crippen LogP) is 8.87. The minimum atomic E-state index is -4.87. The van der Waals surface area contributed by atoms with Gasteiger partial charge < -0.3 is 15.5 Å². The summed E-state index contributed by atoms with van der Waals surface area (Å²) >= 11 is 19.4. The molecule has 2 aromatic carbocycles. The van der Waals surface area contributed by atoms with Crippen LogP contribution in [0.2, 0.25) is 15.1 Å². The van der Waals surface area contributed by atoms with Gasteiger partial charge in [0.15, 0.2) is 0 Å². The second kappa shape index (κ2) is 12.3. The molecule has 5 rings (SSSR count). The van der Waals surface area contributed by atoms with Gasteiger partial charge in [0, 0.05) is 29.0 Å². The largest absolute Gasteiger partial charge is 0.435 e. The van der Waals surface area contributed by atoms with Crippen molar-refractivity contribution in [1.82, 2.24) is 5.32 Å². The van der Waals surface area contributed by atoms with Crippen molar-refractivity contribution >= 4 is 68.7 Å². The molecule has 1 aliphatic heterocycles. The minimum absolute atomic E-state index is 0.0374. The van der Waals surface area contributed by atoms with E-state index in [0.29, 0.717) is 33.8 Å². The van der Waals surface area contributed by atoms with E-state index < -0.39 is 24.1 Å². The van der Waals surface area contributed by atoms with Crippen LogP contribution in [-0.2, 0) is 23.3 Å². The zero-order valence-electron chi connectivity index (χ0n) is 23.2. The van der Waals surface area contributed by atoms with Gasteiger partial charge in [-0.3, -0.25) is 9.59 Å². The summed E-state index contributed by atoms with van der Waals surface area (Å²) < 4.78 is 43.4. The van der Waals surface area contributed by atoms with Crippen molar-refractivity contribution in [2.24, 2.45) is 5.16 Å². The average Bonchev–Trinajstić information content (AvgIpc) is 3.57. The third-order valence-corrected chi connectivity index (χ3v) is 10.0. The van der Waals surface area contributed by atoms with Gasteiger partial charge in [-0.15, -0.1) is 11.3 Å². The van der Waals surface area contributed by atoms with Crippen LogP contribution in [0.25, 0.3) is 0 Å². The number of benzene rings is 2. The number of thiophene rings is 1. The summed E-state index contributed by atoms with van der Waals surface area (Å²) in [6.45, 7) is 4.17. The van der Waals surface area contributed by atoms with Crippen molar-refractivity contribution in [1.29, 1.82) is 0 Å². The molecule has 2 N–H and O–H groups in total. The second-order valence-corrected chi connectivity index (χ2v) is 12.8. The van der Waals surface area contributed by atoms with E-state index >= 15 is 0 Å². The fraction of sp³-hybridized carbons (Fsp3) is 0.367. The highest BCUT2D eigenvalue weighted by Gasteiger charge is 2.62. The Morgan fingerprint density at radius 1 is 1.07 bits per heavy atom. The molecule has 6 nitrogen and oxygen atoms in total. The molecule has 3 aromatic rings. The number of nitrogens with zero attached hydrogens (tertiary/aromatic N) is 1. The molecule has 1 unspecified atom stereocenters. The van der Waals surface area contributed by atoms with Crippen LogP contribution in [0, 0.1) is 6.92 Å². The third kappa shape index (κ3) is 5.99. The molecule has 2 amide bonds. The lowest BCUT2D eigenvalue weighted by Gasteiger charge is -2.30. The van der Waals surface area contributed by atoms with E-state index in [1.165, 1.54) is 23.5 Å². The number of hydrogen-bond donors (Lipinski definition) is 2. The molecule has 0 fully saturated rings.